The highest BCUT2D eigenvalue weighted by Gasteiger charge is 2.27. The van der Waals surface area contributed by atoms with Crippen LogP contribution in [0.5, 0.6) is 0 Å². The van der Waals surface area contributed by atoms with Gasteiger partial charge in [-0.25, -0.2) is 4.39 Å². The molecule has 0 saturated carbocycles. The van der Waals surface area contributed by atoms with Crippen molar-refractivity contribution in [3.05, 3.63) is 35.8 Å². The molecule has 24 heavy (non-hydrogen) atoms. The second-order valence-electron chi connectivity index (χ2n) is 6.22. The highest BCUT2D eigenvalue weighted by atomic mass is 32.2. The molecule has 4 rings (SSSR count). The van der Waals surface area contributed by atoms with E-state index in [9.17, 15) is 9.18 Å². The Morgan fingerprint density at radius 2 is 2.12 bits per heavy atom. The van der Waals surface area contributed by atoms with Crippen LogP contribution in [0.4, 0.5) is 4.39 Å². The number of rotatable bonds is 1. The van der Waals surface area contributed by atoms with Crippen molar-refractivity contribution >= 4 is 33.7 Å². The first kappa shape index (κ1) is 15.5. The Labute approximate surface area is 143 Å². The SMILES string of the molecule is C[C@H]1CN=C(N2CCN(C(=O)c3cc4c(F)cccc4[nH]3)CC2)S1. The fourth-order valence-corrected chi connectivity index (χ4v) is 4.13. The number of thioether (sulfide) groups is 1. The number of H-pyrrole nitrogens is 1. The van der Waals surface area contributed by atoms with Gasteiger partial charge in [-0.3, -0.25) is 9.79 Å². The van der Waals surface area contributed by atoms with E-state index in [4.69, 9.17) is 0 Å². The molecule has 1 aromatic heterocycles. The predicted molar refractivity (Wildman–Crippen MR) is 95.1 cm³/mol. The summed E-state index contributed by atoms with van der Waals surface area (Å²) < 4.78 is 13.8. The largest absolute Gasteiger partial charge is 0.350 e. The number of amides is 1. The van der Waals surface area contributed by atoms with Crippen LogP contribution in [0.1, 0.15) is 17.4 Å². The van der Waals surface area contributed by atoms with Crippen LogP contribution in [0.2, 0.25) is 0 Å². The summed E-state index contributed by atoms with van der Waals surface area (Å²) in [5, 5.41) is 2.10. The van der Waals surface area contributed by atoms with Crippen molar-refractivity contribution in [3.8, 4) is 0 Å². The highest BCUT2D eigenvalue weighted by molar-refractivity contribution is 8.14. The second kappa shape index (κ2) is 6.12. The maximum Gasteiger partial charge on any atom is 0.270 e. The van der Waals surface area contributed by atoms with Gasteiger partial charge in [-0.2, -0.15) is 0 Å². The van der Waals surface area contributed by atoms with Crippen LogP contribution in [-0.2, 0) is 0 Å². The molecule has 2 aliphatic heterocycles. The molecule has 0 unspecified atom stereocenters. The van der Waals surface area contributed by atoms with E-state index < -0.39 is 0 Å². The zero-order valence-corrected chi connectivity index (χ0v) is 14.3. The molecule has 1 fully saturated rings. The highest BCUT2D eigenvalue weighted by Crippen LogP contribution is 2.24. The van der Waals surface area contributed by atoms with E-state index in [0.717, 1.165) is 24.8 Å². The van der Waals surface area contributed by atoms with Gasteiger partial charge in [0.1, 0.15) is 11.5 Å². The van der Waals surface area contributed by atoms with Crippen molar-refractivity contribution in [2.75, 3.05) is 32.7 Å². The van der Waals surface area contributed by atoms with E-state index in [1.807, 2.05) is 16.7 Å². The topological polar surface area (TPSA) is 51.7 Å². The molecule has 1 atom stereocenters. The van der Waals surface area contributed by atoms with Crippen molar-refractivity contribution in [2.45, 2.75) is 12.2 Å². The lowest BCUT2D eigenvalue weighted by Crippen LogP contribution is -2.50. The van der Waals surface area contributed by atoms with E-state index in [1.54, 1.807) is 18.2 Å². The molecule has 126 valence electrons. The summed E-state index contributed by atoms with van der Waals surface area (Å²) in [5.74, 6) is -0.377. The number of hydrogen-bond acceptors (Lipinski definition) is 4. The predicted octanol–water partition coefficient (Wildman–Crippen LogP) is 2.56. The molecule has 0 aliphatic carbocycles. The number of benzene rings is 1. The van der Waals surface area contributed by atoms with Crippen LogP contribution in [0.3, 0.4) is 0 Å². The monoisotopic (exact) mass is 346 g/mol. The lowest BCUT2D eigenvalue weighted by atomic mass is 10.2. The quantitative estimate of drug-likeness (QED) is 0.863. The first-order valence-corrected chi connectivity index (χ1v) is 9.02. The summed E-state index contributed by atoms with van der Waals surface area (Å²) in [6.07, 6.45) is 0. The number of nitrogens with zero attached hydrogens (tertiary/aromatic N) is 3. The van der Waals surface area contributed by atoms with Gasteiger partial charge in [0.05, 0.1) is 6.54 Å². The lowest BCUT2D eigenvalue weighted by Gasteiger charge is -2.35. The Morgan fingerprint density at radius 3 is 2.79 bits per heavy atom. The summed E-state index contributed by atoms with van der Waals surface area (Å²) in [6, 6.07) is 6.44. The standard InChI is InChI=1S/C17H19FN4OS/c1-11-10-19-17(24-11)22-7-5-21(6-8-22)16(23)15-9-12-13(18)3-2-4-14(12)20-15/h2-4,9,11,20H,5-8,10H2,1H3/t11-/m0/s1. The van der Waals surface area contributed by atoms with Gasteiger partial charge < -0.3 is 14.8 Å². The van der Waals surface area contributed by atoms with Crippen LogP contribution >= 0.6 is 11.8 Å². The summed E-state index contributed by atoms with van der Waals surface area (Å²) in [6.45, 7) is 5.95. The number of halogens is 1. The average Bonchev–Trinajstić information content (AvgIpc) is 3.21. The minimum atomic E-state index is -0.307. The van der Waals surface area contributed by atoms with Gasteiger partial charge in [-0.1, -0.05) is 24.8 Å². The van der Waals surface area contributed by atoms with Gasteiger partial charge in [0.2, 0.25) is 0 Å². The number of nitrogens with one attached hydrogen (secondary N) is 1. The molecule has 1 amide bonds. The number of amidine groups is 1. The Kier molecular flexibility index (Phi) is 3.96. The molecule has 0 spiro atoms. The summed E-state index contributed by atoms with van der Waals surface area (Å²) in [7, 11) is 0. The third-order valence-electron chi connectivity index (χ3n) is 4.47. The van der Waals surface area contributed by atoms with Crippen LogP contribution in [-0.4, -0.2) is 63.8 Å². The smallest absolute Gasteiger partial charge is 0.270 e. The zero-order chi connectivity index (χ0) is 16.7. The molecule has 5 nitrogen and oxygen atoms in total. The zero-order valence-electron chi connectivity index (χ0n) is 13.5. The first-order chi connectivity index (χ1) is 11.6. The van der Waals surface area contributed by atoms with Gasteiger partial charge in [0.15, 0.2) is 5.17 Å². The van der Waals surface area contributed by atoms with Crippen molar-refractivity contribution in [1.82, 2.24) is 14.8 Å². The molecule has 0 bridgehead atoms. The number of fused-ring (bicyclic) bond motifs is 1. The first-order valence-electron chi connectivity index (χ1n) is 8.14. The summed E-state index contributed by atoms with van der Waals surface area (Å²) in [5.41, 5.74) is 1.10. The fraction of sp³-hybridized carbons (Fsp3) is 0.412. The number of piperazine rings is 1. The van der Waals surface area contributed by atoms with Crippen molar-refractivity contribution in [1.29, 1.82) is 0 Å². The maximum atomic E-state index is 13.8. The minimum Gasteiger partial charge on any atom is -0.350 e. The second-order valence-corrected chi connectivity index (χ2v) is 7.62. The molecule has 2 aliphatic rings. The Bertz CT molecular complexity index is 810. The number of carbonyl (C=O) groups is 1. The summed E-state index contributed by atoms with van der Waals surface area (Å²) in [4.78, 5) is 24.3. The summed E-state index contributed by atoms with van der Waals surface area (Å²) >= 11 is 1.81. The van der Waals surface area contributed by atoms with Gasteiger partial charge in [-0.15, -0.1) is 0 Å². The van der Waals surface area contributed by atoms with E-state index >= 15 is 0 Å². The van der Waals surface area contributed by atoms with Crippen LogP contribution in [0.25, 0.3) is 10.9 Å². The fourth-order valence-electron chi connectivity index (χ4n) is 3.14. The van der Waals surface area contributed by atoms with E-state index in [-0.39, 0.29) is 11.7 Å². The Balaban J connectivity index is 1.45. The average molecular weight is 346 g/mol. The van der Waals surface area contributed by atoms with Crippen molar-refractivity contribution in [3.63, 3.8) is 0 Å². The molecular weight excluding hydrogens is 327 g/mol. The molecule has 1 N–H and O–H groups in total. The molecular formula is C17H19FN4OS. The number of hydrogen-bond donors (Lipinski definition) is 1. The normalized spacial score (nSPS) is 21.4. The molecule has 7 heteroatoms. The van der Waals surface area contributed by atoms with Crippen LogP contribution < -0.4 is 0 Å². The van der Waals surface area contributed by atoms with E-state index in [1.165, 1.54) is 6.07 Å². The molecule has 2 aromatic rings. The van der Waals surface area contributed by atoms with Gasteiger partial charge in [-0.05, 0) is 18.2 Å². The number of carbonyl (C=O) groups excluding carboxylic acids is 1. The van der Waals surface area contributed by atoms with Crippen molar-refractivity contribution in [2.24, 2.45) is 4.99 Å². The number of aliphatic imine (C=N–C) groups is 1. The number of aromatic nitrogens is 1. The van der Waals surface area contributed by atoms with Gasteiger partial charge >= 0.3 is 0 Å². The molecule has 1 aromatic carbocycles. The lowest BCUT2D eigenvalue weighted by molar-refractivity contribution is 0.0688. The Hall–Kier alpha value is -2.02. The minimum absolute atomic E-state index is 0.0698. The van der Waals surface area contributed by atoms with Crippen molar-refractivity contribution < 1.29 is 9.18 Å². The van der Waals surface area contributed by atoms with E-state index in [2.05, 4.69) is 21.8 Å². The molecule has 3 heterocycles. The number of aromatic amines is 1. The third kappa shape index (κ3) is 2.77. The molecule has 1 saturated heterocycles. The molecule has 0 radical (unpaired) electrons. The van der Waals surface area contributed by atoms with Gasteiger partial charge in [0.25, 0.3) is 5.91 Å². The van der Waals surface area contributed by atoms with E-state index in [0.29, 0.717) is 34.9 Å². The Morgan fingerprint density at radius 1 is 1.33 bits per heavy atom. The third-order valence-corrected chi connectivity index (χ3v) is 5.62. The van der Waals surface area contributed by atoms with Gasteiger partial charge in [0, 0.05) is 42.3 Å². The van der Waals surface area contributed by atoms with Crippen LogP contribution in [0.15, 0.2) is 29.3 Å². The van der Waals surface area contributed by atoms with Crippen LogP contribution in [0, 0.1) is 5.82 Å². The maximum absolute atomic E-state index is 13.8.